The fourth-order valence-electron chi connectivity index (χ4n) is 2.08. The molecule has 1 aromatic heterocycles. The molecule has 2 N–H and O–H groups in total. The van der Waals surface area contributed by atoms with Crippen LogP contribution in [0.3, 0.4) is 0 Å². The van der Waals surface area contributed by atoms with Crippen LogP contribution in [-0.2, 0) is 0 Å². The number of halogens is 1. The first-order chi connectivity index (χ1) is 8.66. The van der Waals surface area contributed by atoms with Crippen LogP contribution in [0.15, 0.2) is 46.9 Å². The van der Waals surface area contributed by atoms with Crippen molar-refractivity contribution in [3.8, 4) is 11.3 Å². The van der Waals surface area contributed by atoms with Gasteiger partial charge in [-0.2, -0.15) is 0 Å². The monoisotopic (exact) mass is 241 g/mol. The molecule has 0 unspecified atom stereocenters. The summed E-state index contributed by atoms with van der Waals surface area (Å²) in [5, 5.41) is 0.756. The van der Waals surface area contributed by atoms with Crippen LogP contribution in [0.4, 0.5) is 10.1 Å². The second-order valence-electron chi connectivity index (χ2n) is 4.29. The van der Waals surface area contributed by atoms with Crippen LogP contribution in [0, 0.1) is 12.7 Å². The summed E-state index contributed by atoms with van der Waals surface area (Å²) in [5.41, 5.74) is 8.69. The number of anilines is 1. The summed E-state index contributed by atoms with van der Waals surface area (Å²) in [6.45, 7) is 1.92. The van der Waals surface area contributed by atoms with Crippen molar-refractivity contribution in [1.82, 2.24) is 0 Å². The molecular weight excluding hydrogens is 229 g/mol. The van der Waals surface area contributed by atoms with Crippen molar-refractivity contribution in [3.05, 3.63) is 53.8 Å². The zero-order valence-electron chi connectivity index (χ0n) is 9.91. The highest BCUT2D eigenvalue weighted by Crippen LogP contribution is 2.32. The first-order valence-electron chi connectivity index (χ1n) is 5.70. The zero-order valence-corrected chi connectivity index (χ0v) is 9.91. The van der Waals surface area contributed by atoms with Crippen molar-refractivity contribution in [2.24, 2.45) is 0 Å². The molecule has 18 heavy (non-hydrogen) atoms. The van der Waals surface area contributed by atoms with E-state index in [1.807, 2.05) is 37.3 Å². The van der Waals surface area contributed by atoms with Crippen molar-refractivity contribution >= 4 is 16.7 Å². The summed E-state index contributed by atoms with van der Waals surface area (Å²) < 4.78 is 19.2. The smallest absolute Gasteiger partial charge is 0.170 e. The van der Waals surface area contributed by atoms with Gasteiger partial charge < -0.3 is 10.2 Å². The minimum absolute atomic E-state index is 0.286. The molecule has 3 heteroatoms. The third kappa shape index (κ3) is 1.56. The van der Waals surface area contributed by atoms with Crippen LogP contribution in [-0.4, -0.2) is 0 Å². The molecule has 0 bridgehead atoms. The Morgan fingerprint density at radius 1 is 1.11 bits per heavy atom. The van der Waals surface area contributed by atoms with Gasteiger partial charge in [0.15, 0.2) is 11.4 Å². The summed E-state index contributed by atoms with van der Waals surface area (Å²) in [6.07, 6.45) is 0. The number of hydrogen-bond acceptors (Lipinski definition) is 2. The first-order valence-corrected chi connectivity index (χ1v) is 5.70. The Kier molecular flexibility index (Phi) is 2.33. The van der Waals surface area contributed by atoms with E-state index in [0.717, 1.165) is 16.5 Å². The molecule has 0 radical (unpaired) electrons. The minimum atomic E-state index is -0.347. The third-order valence-corrected chi connectivity index (χ3v) is 3.14. The van der Waals surface area contributed by atoms with E-state index < -0.39 is 0 Å². The molecule has 2 aromatic carbocycles. The van der Waals surface area contributed by atoms with Gasteiger partial charge in [0.2, 0.25) is 0 Å². The molecule has 0 atom stereocenters. The Hall–Kier alpha value is -2.29. The van der Waals surface area contributed by atoms with E-state index in [2.05, 4.69) is 0 Å². The number of benzene rings is 2. The van der Waals surface area contributed by atoms with E-state index >= 15 is 0 Å². The molecule has 0 amide bonds. The molecule has 3 aromatic rings. The summed E-state index contributed by atoms with van der Waals surface area (Å²) in [5.74, 6) is 0.292. The van der Waals surface area contributed by atoms with E-state index in [1.54, 1.807) is 6.07 Å². The van der Waals surface area contributed by atoms with Gasteiger partial charge >= 0.3 is 0 Å². The van der Waals surface area contributed by atoms with E-state index in [9.17, 15) is 4.39 Å². The maximum absolute atomic E-state index is 13.6. The van der Waals surface area contributed by atoms with Crippen LogP contribution < -0.4 is 5.73 Å². The summed E-state index contributed by atoms with van der Waals surface area (Å²) in [4.78, 5) is 0. The van der Waals surface area contributed by atoms with Gasteiger partial charge in [0, 0.05) is 16.6 Å². The van der Waals surface area contributed by atoms with Crippen molar-refractivity contribution in [1.29, 1.82) is 0 Å². The van der Waals surface area contributed by atoms with Crippen LogP contribution in [0.25, 0.3) is 22.3 Å². The van der Waals surface area contributed by atoms with Gasteiger partial charge in [-0.05, 0) is 30.7 Å². The normalized spacial score (nSPS) is 11.0. The van der Waals surface area contributed by atoms with Crippen molar-refractivity contribution in [3.63, 3.8) is 0 Å². The average molecular weight is 241 g/mol. The minimum Gasteiger partial charge on any atom is -0.453 e. The largest absolute Gasteiger partial charge is 0.453 e. The standard InChI is InChI=1S/C15H12FNO/c1-9-11(5-3-7-13(9)17)14-8-10-4-2-6-12(16)15(10)18-14/h2-8H,17H2,1H3. The van der Waals surface area contributed by atoms with Gasteiger partial charge in [0.25, 0.3) is 0 Å². The molecule has 1 heterocycles. The Balaban J connectivity index is 2.26. The molecule has 0 aliphatic rings. The van der Waals surface area contributed by atoms with Gasteiger partial charge in [-0.1, -0.05) is 24.3 Å². The Morgan fingerprint density at radius 3 is 2.67 bits per heavy atom. The van der Waals surface area contributed by atoms with E-state index in [1.165, 1.54) is 6.07 Å². The lowest BCUT2D eigenvalue weighted by molar-refractivity contribution is 0.568. The van der Waals surface area contributed by atoms with Crippen molar-refractivity contribution in [2.45, 2.75) is 6.92 Å². The van der Waals surface area contributed by atoms with Crippen LogP contribution in [0.5, 0.6) is 0 Å². The maximum atomic E-state index is 13.6. The van der Waals surface area contributed by atoms with Crippen LogP contribution >= 0.6 is 0 Å². The number of rotatable bonds is 1. The molecule has 0 fully saturated rings. The predicted octanol–water partition coefficient (Wildman–Crippen LogP) is 4.13. The highest BCUT2D eigenvalue weighted by molar-refractivity contribution is 5.84. The number of nitrogen functional groups attached to an aromatic ring is 1. The Labute approximate surface area is 104 Å². The molecule has 0 saturated carbocycles. The summed E-state index contributed by atoms with van der Waals surface area (Å²) in [6, 6.07) is 12.3. The molecule has 2 nitrogen and oxygen atoms in total. The predicted molar refractivity (Wildman–Crippen MR) is 70.8 cm³/mol. The zero-order chi connectivity index (χ0) is 12.7. The van der Waals surface area contributed by atoms with E-state index in [-0.39, 0.29) is 11.4 Å². The van der Waals surface area contributed by atoms with Crippen LogP contribution in [0.1, 0.15) is 5.56 Å². The first kappa shape index (κ1) is 10.8. The number of fused-ring (bicyclic) bond motifs is 1. The van der Waals surface area contributed by atoms with Crippen LogP contribution in [0.2, 0.25) is 0 Å². The van der Waals surface area contributed by atoms with Gasteiger partial charge in [0.1, 0.15) is 5.76 Å². The molecular formula is C15H12FNO. The summed E-state index contributed by atoms with van der Waals surface area (Å²) >= 11 is 0. The van der Waals surface area contributed by atoms with Gasteiger partial charge in [-0.15, -0.1) is 0 Å². The lowest BCUT2D eigenvalue weighted by Gasteiger charge is -2.04. The number of furan rings is 1. The lowest BCUT2D eigenvalue weighted by atomic mass is 10.0. The van der Waals surface area contributed by atoms with Crippen molar-refractivity contribution < 1.29 is 8.81 Å². The summed E-state index contributed by atoms with van der Waals surface area (Å²) in [7, 11) is 0. The van der Waals surface area contributed by atoms with Gasteiger partial charge in [-0.25, -0.2) is 4.39 Å². The molecule has 0 aliphatic carbocycles. The Bertz CT molecular complexity index is 730. The fraction of sp³-hybridized carbons (Fsp3) is 0.0667. The van der Waals surface area contributed by atoms with Gasteiger partial charge in [0.05, 0.1) is 0 Å². The van der Waals surface area contributed by atoms with E-state index in [0.29, 0.717) is 11.4 Å². The molecule has 3 rings (SSSR count). The molecule has 0 spiro atoms. The average Bonchev–Trinajstić information content (AvgIpc) is 2.78. The van der Waals surface area contributed by atoms with E-state index in [4.69, 9.17) is 10.2 Å². The topological polar surface area (TPSA) is 39.2 Å². The highest BCUT2D eigenvalue weighted by Gasteiger charge is 2.12. The maximum Gasteiger partial charge on any atom is 0.170 e. The quantitative estimate of drug-likeness (QED) is 0.650. The SMILES string of the molecule is Cc1c(N)cccc1-c1cc2cccc(F)c2o1. The Morgan fingerprint density at radius 2 is 1.89 bits per heavy atom. The number of hydrogen-bond donors (Lipinski definition) is 1. The third-order valence-electron chi connectivity index (χ3n) is 3.14. The second kappa shape index (κ2) is 3.88. The number of nitrogens with two attached hydrogens (primary N) is 1. The molecule has 0 aliphatic heterocycles. The lowest BCUT2D eigenvalue weighted by Crippen LogP contribution is -1.90. The second-order valence-corrected chi connectivity index (χ2v) is 4.29. The molecule has 90 valence electrons. The van der Waals surface area contributed by atoms with Gasteiger partial charge in [-0.3, -0.25) is 0 Å². The fourth-order valence-corrected chi connectivity index (χ4v) is 2.08. The molecule has 0 saturated heterocycles. The van der Waals surface area contributed by atoms with Crippen molar-refractivity contribution in [2.75, 3.05) is 5.73 Å². The number of para-hydroxylation sites is 1. The highest BCUT2D eigenvalue weighted by atomic mass is 19.1.